The van der Waals surface area contributed by atoms with Crippen LogP contribution in [0.3, 0.4) is 0 Å². The first-order valence-electron chi connectivity index (χ1n) is 13.8. The van der Waals surface area contributed by atoms with Crippen LogP contribution in [-0.2, 0) is 46.3 Å². The Kier molecular flexibility index (Phi) is 17.8. The Hall–Kier alpha value is -3.32. The third-order valence-corrected chi connectivity index (χ3v) is 6.28. The fourth-order valence-corrected chi connectivity index (χ4v) is 3.87. The van der Waals surface area contributed by atoms with Crippen LogP contribution in [0.4, 0.5) is 0 Å². The van der Waals surface area contributed by atoms with E-state index >= 15 is 0 Å². The Labute approximate surface area is 275 Å². The topological polar surface area (TPSA) is 73.7 Å². The van der Waals surface area contributed by atoms with Crippen molar-refractivity contribution in [1.29, 1.82) is 0 Å². The maximum atomic E-state index is 5.91. The van der Waals surface area contributed by atoms with E-state index in [0.29, 0.717) is 0 Å². The van der Waals surface area contributed by atoms with Crippen molar-refractivity contribution in [2.24, 2.45) is 0 Å². The van der Waals surface area contributed by atoms with Gasteiger partial charge in [-0.25, -0.2) is 4.98 Å². The molecule has 0 N–H and O–H groups in total. The number of unbranched alkanes of at least 4 members (excludes halogenated alkanes) is 5. The normalized spacial score (nSPS) is 9.74. The second-order valence-corrected chi connectivity index (χ2v) is 9.92. The molecule has 0 fully saturated rings. The predicted molar refractivity (Wildman–Crippen MR) is 169 cm³/mol. The maximum absolute atomic E-state index is 5.91. The van der Waals surface area contributed by atoms with E-state index in [9.17, 15) is 0 Å². The second kappa shape index (κ2) is 21.4. The molecule has 0 aliphatic heterocycles. The molecule has 42 heavy (non-hydrogen) atoms. The third-order valence-electron chi connectivity index (χ3n) is 5.74. The quantitative estimate of drug-likeness (QED) is 0.105. The van der Waals surface area contributed by atoms with E-state index in [1.54, 1.807) is 61.4 Å². The molecular formula is C33H35N5OPtS2. The van der Waals surface area contributed by atoms with E-state index in [4.69, 9.17) is 35.0 Å². The monoisotopic (exact) mass is 776 g/mol. The van der Waals surface area contributed by atoms with E-state index in [2.05, 4.69) is 26.9 Å². The minimum absolute atomic E-state index is 0. The van der Waals surface area contributed by atoms with Crippen LogP contribution in [0.15, 0.2) is 120 Å². The summed E-state index contributed by atoms with van der Waals surface area (Å²) in [5.41, 5.74) is 3.33. The number of rotatable bonds is 10. The molecule has 0 saturated carbocycles. The molecule has 0 spiro atoms. The van der Waals surface area contributed by atoms with E-state index < -0.39 is 0 Å². The molecule has 0 bridgehead atoms. The van der Waals surface area contributed by atoms with Gasteiger partial charge < -0.3 is 30.0 Å². The van der Waals surface area contributed by atoms with E-state index in [-0.39, 0.29) is 21.1 Å². The first-order chi connectivity index (χ1) is 20.2. The molecule has 6 nitrogen and oxygen atoms in total. The molecule has 0 saturated heterocycles. The maximum Gasteiger partial charge on any atom is 2.00 e. The summed E-state index contributed by atoms with van der Waals surface area (Å²) in [6.45, 7) is 2.99. The molecule has 220 valence electrons. The molecule has 0 unspecified atom stereocenters. The Bertz CT molecular complexity index is 1350. The number of nitrogens with zero attached hydrogens (tertiary/aromatic N) is 5. The molecule has 0 radical (unpaired) electrons. The molecule has 5 aromatic heterocycles. The van der Waals surface area contributed by atoms with Gasteiger partial charge in [-0.05, 0) is 36.8 Å². The smallest absolute Gasteiger partial charge is 0.780 e. The minimum atomic E-state index is 0. The fraction of sp³-hybridized carbons (Fsp3) is 0.242. The van der Waals surface area contributed by atoms with E-state index in [0.717, 1.165) is 51.3 Å². The summed E-state index contributed by atoms with van der Waals surface area (Å²) in [5, 5.41) is 0. The zero-order valence-electron chi connectivity index (χ0n) is 23.6. The van der Waals surface area contributed by atoms with Gasteiger partial charge in [0.1, 0.15) is 5.75 Å². The molecule has 9 heteroatoms. The molecule has 5 heterocycles. The summed E-state index contributed by atoms with van der Waals surface area (Å²) in [6, 6.07) is 22.7. The van der Waals surface area contributed by atoms with E-state index in [1.807, 2.05) is 48.5 Å². The molecule has 5 aromatic rings. The average Bonchev–Trinajstić information content (AvgIpc) is 3.03. The summed E-state index contributed by atoms with van der Waals surface area (Å²) >= 11 is 9.54. The molecule has 0 atom stereocenters. The van der Waals surface area contributed by atoms with Gasteiger partial charge in [-0.3, -0.25) is 19.9 Å². The third kappa shape index (κ3) is 14.0. The van der Waals surface area contributed by atoms with Crippen molar-refractivity contribution in [2.75, 3.05) is 6.61 Å². The molecular weight excluding hydrogens is 742 g/mol. The van der Waals surface area contributed by atoms with Gasteiger partial charge in [0.25, 0.3) is 0 Å². The van der Waals surface area contributed by atoms with Gasteiger partial charge in [0.2, 0.25) is 0 Å². The Morgan fingerprint density at radius 3 is 1.71 bits per heavy atom. The molecule has 5 rings (SSSR count). The van der Waals surface area contributed by atoms with Gasteiger partial charge in [0, 0.05) is 43.2 Å². The minimum Gasteiger partial charge on any atom is -0.780 e. The summed E-state index contributed by atoms with van der Waals surface area (Å²) in [7, 11) is 0. The fourth-order valence-electron chi connectivity index (χ4n) is 3.62. The van der Waals surface area contributed by atoms with Crippen LogP contribution in [-0.4, -0.2) is 31.5 Å². The average molecular weight is 777 g/mol. The first kappa shape index (κ1) is 34.9. The first-order valence-corrected chi connectivity index (χ1v) is 14.6. The van der Waals surface area contributed by atoms with Gasteiger partial charge in [-0.15, -0.1) is 0 Å². The van der Waals surface area contributed by atoms with Crippen LogP contribution in [0.25, 0.3) is 22.8 Å². The van der Waals surface area contributed by atoms with Crippen molar-refractivity contribution in [1.82, 2.24) is 24.9 Å². The molecule has 0 aromatic carbocycles. The molecule has 0 amide bonds. The van der Waals surface area contributed by atoms with Crippen LogP contribution in [0.1, 0.15) is 45.4 Å². The summed E-state index contributed by atoms with van der Waals surface area (Å²) in [6.07, 6.45) is 17.8. The summed E-state index contributed by atoms with van der Waals surface area (Å²) in [4.78, 5) is 22.8. The van der Waals surface area contributed by atoms with Crippen molar-refractivity contribution in [2.45, 2.75) is 55.2 Å². The van der Waals surface area contributed by atoms with Gasteiger partial charge in [0.15, 0.2) is 0 Å². The van der Waals surface area contributed by atoms with Crippen LogP contribution < -0.4 is 4.74 Å². The van der Waals surface area contributed by atoms with Crippen molar-refractivity contribution in [3.05, 3.63) is 110 Å². The number of pyridine rings is 5. The zero-order valence-corrected chi connectivity index (χ0v) is 27.5. The SMILES string of the molecule is CCCCCCCCOc1ccnc(-c2cccc(-c3ccccn3)n2)c1.[Pt+2].[S-]c1ccncc1.[S-]c1ccncc1. The molecule has 0 aliphatic carbocycles. The largest absolute Gasteiger partial charge is 2.00 e. The predicted octanol–water partition coefficient (Wildman–Crippen LogP) is 7.92. The van der Waals surface area contributed by atoms with Gasteiger partial charge in [-0.2, -0.15) is 9.79 Å². The van der Waals surface area contributed by atoms with Crippen molar-refractivity contribution < 1.29 is 25.8 Å². The summed E-state index contributed by atoms with van der Waals surface area (Å²) < 4.78 is 5.91. The molecule has 0 aliphatic rings. The van der Waals surface area contributed by atoms with Crippen LogP contribution in [0, 0.1) is 0 Å². The Morgan fingerprint density at radius 2 is 1.14 bits per heavy atom. The standard InChI is InChI=1S/C23H27N3O.2C5H5NS.Pt/c1-2-3-4-5-6-9-17-27-19-14-16-25-23(18-19)22-13-10-12-21(26-22)20-11-7-8-15-24-20;2*7-5-1-3-6-4-2-5;/h7-8,10-16,18H,2-6,9,17H2,1H3;2*1-4H,(H,6,7);/q;;;+2/p-2. The van der Waals surface area contributed by atoms with Crippen LogP contribution >= 0.6 is 0 Å². The van der Waals surface area contributed by atoms with Gasteiger partial charge in [0.05, 0.1) is 29.4 Å². The Balaban J connectivity index is 0.000000334. The van der Waals surface area contributed by atoms with Crippen molar-refractivity contribution >= 4 is 25.3 Å². The Morgan fingerprint density at radius 1 is 0.571 bits per heavy atom. The van der Waals surface area contributed by atoms with Crippen LogP contribution in [0.2, 0.25) is 0 Å². The summed E-state index contributed by atoms with van der Waals surface area (Å²) in [5.74, 6) is 0.846. The number of aromatic nitrogens is 5. The number of hydrogen-bond acceptors (Lipinski definition) is 8. The van der Waals surface area contributed by atoms with Gasteiger partial charge in [-0.1, -0.05) is 75.4 Å². The number of ether oxygens (including phenoxy) is 1. The van der Waals surface area contributed by atoms with Gasteiger partial charge >= 0.3 is 21.1 Å². The second-order valence-electron chi connectivity index (χ2n) is 8.98. The van der Waals surface area contributed by atoms with Crippen molar-refractivity contribution in [3.8, 4) is 28.5 Å². The van der Waals surface area contributed by atoms with E-state index in [1.165, 1.54) is 32.1 Å². The van der Waals surface area contributed by atoms with Crippen molar-refractivity contribution in [3.63, 3.8) is 0 Å². The van der Waals surface area contributed by atoms with Crippen LogP contribution in [0.5, 0.6) is 5.75 Å². The number of hydrogen-bond donors (Lipinski definition) is 0. The zero-order chi connectivity index (χ0) is 29.0.